The Hall–Kier alpha value is -2.16. The highest BCUT2D eigenvalue weighted by atomic mass is 31.2. The number of imidazole rings is 1. The van der Waals surface area contributed by atoms with E-state index >= 15 is 0 Å². The average molecular weight is 297 g/mol. The number of para-hydroxylation sites is 2. The van der Waals surface area contributed by atoms with E-state index in [-0.39, 0.29) is 10.9 Å². The molecule has 3 rings (SSSR count). The summed E-state index contributed by atoms with van der Waals surface area (Å²) in [6, 6.07) is 15.8. The summed E-state index contributed by atoms with van der Waals surface area (Å²) in [5.41, 5.74) is 1.54. The molecule has 0 saturated carbocycles. The summed E-state index contributed by atoms with van der Waals surface area (Å²) in [4.78, 5) is 17.1. The van der Waals surface area contributed by atoms with Gasteiger partial charge in [-0.05, 0) is 12.1 Å². The van der Waals surface area contributed by atoms with Crippen molar-refractivity contribution in [2.45, 2.75) is 6.54 Å². The van der Waals surface area contributed by atoms with Gasteiger partial charge in [-0.2, -0.15) is 0 Å². The van der Waals surface area contributed by atoms with Crippen LogP contribution in [-0.2, 0) is 11.1 Å². The smallest absolute Gasteiger partial charge is 0.160 e. The molecule has 4 nitrogen and oxygen atoms in total. The molecule has 0 N–H and O–H groups in total. The molecule has 0 fully saturated rings. The Balaban J connectivity index is 2.26. The molecule has 5 heteroatoms. The minimum atomic E-state index is -3.98. The SMILES string of the molecule is C=CCn1c(P(=O)([O-])c2ccccc2)nc2ccccc21. The lowest BCUT2D eigenvalue weighted by Crippen LogP contribution is -2.31. The highest BCUT2D eigenvalue weighted by Crippen LogP contribution is 2.33. The Kier molecular flexibility index (Phi) is 3.50. The Morgan fingerprint density at radius 1 is 1.14 bits per heavy atom. The largest absolute Gasteiger partial charge is 0.790 e. The number of aromatic nitrogens is 2. The van der Waals surface area contributed by atoms with Crippen LogP contribution in [0.3, 0.4) is 0 Å². The maximum atomic E-state index is 12.8. The van der Waals surface area contributed by atoms with E-state index in [1.165, 1.54) is 0 Å². The molecule has 106 valence electrons. The van der Waals surface area contributed by atoms with Crippen LogP contribution in [0.5, 0.6) is 0 Å². The molecule has 0 bridgehead atoms. The van der Waals surface area contributed by atoms with Crippen LogP contribution < -0.4 is 15.8 Å². The number of rotatable bonds is 4. The second-order valence-corrected chi connectivity index (χ2v) is 6.71. The van der Waals surface area contributed by atoms with Crippen LogP contribution in [-0.4, -0.2) is 9.55 Å². The summed E-state index contributed by atoms with van der Waals surface area (Å²) in [5, 5.41) is 0.269. The van der Waals surface area contributed by atoms with Gasteiger partial charge in [0.15, 0.2) is 5.57 Å². The number of hydrogen-bond donors (Lipinski definition) is 0. The van der Waals surface area contributed by atoms with Crippen LogP contribution in [0.25, 0.3) is 11.0 Å². The van der Waals surface area contributed by atoms with E-state index in [1.807, 2.05) is 24.3 Å². The number of benzene rings is 2. The standard InChI is InChI=1S/C16H15N2O2P/c1-2-12-18-15-11-7-6-10-14(15)17-16(18)21(19,20)13-8-4-3-5-9-13/h2-11H,1,12H2,(H,19,20)/p-1. The van der Waals surface area contributed by atoms with Gasteiger partial charge in [0, 0.05) is 11.8 Å². The molecule has 1 heterocycles. The van der Waals surface area contributed by atoms with Gasteiger partial charge in [-0.25, -0.2) is 4.98 Å². The normalized spacial score (nSPS) is 14.0. The minimum absolute atomic E-state index is 0.0785. The van der Waals surface area contributed by atoms with Gasteiger partial charge < -0.3 is 14.0 Å². The quantitative estimate of drug-likeness (QED) is 0.545. The van der Waals surface area contributed by atoms with Crippen LogP contribution in [0.1, 0.15) is 0 Å². The Bertz CT molecular complexity index is 840. The highest BCUT2D eigenvalue weighted by molar-refractivity contribution is 7.71. The van der Waals surface area contributed by atoms with Crippen molar-refractivity contribution < 1.29 is 9.46 Å². The molecule has 1 atom stereocenters. The van der Waals surface area contributed by atoms with Crippen LogP contribution in [0, 0.1) is 0 Å². The van der Waals surface area contributed by atoms with Crippen molar-refractivity contribution in [2.75, 3.05) is 0 Å². The molecule has 1 unspecified atom stereocenters. The lowest BCUT2D eigenvalue weighted by molar-refractivity contribution is -0.167. The van der Waals surface area contributed by atoms with E-state index in [0.29, 0.717) is 12.1 Å². The Labute approximate surface area is 122 Å². The van der Waals surface area contributed by atoms with Crippen molar-refractivity contribution >= 4 is 29.3 Å². The summed E-state index contributed by atoms with van der Waals surface area (Å²) >= 11 is 0. The molecule has 0 aliphatic heterocycles. The maximum Gasteiger partial charge on any atom is 0.160 e. The summed E-state index contributed by atoms with van der Waals surface area (Å²) in [5.74, 6) is 0. The zero-order chi connectivity index (χ0) is 14.9. The van der Waals surface area contributed by atoms with Gasteiger partial charge in [0.05, 0.1) is 11.0 Å². The van der Waals surface area contributed by atoms with E-state index in [1.54, 1.807) is 41.0 Å². The molecule has 0 radical (unpaired) electrons. The molecule has 0 amide bonds. The van der Waals surface area contributed by atoms with E-state index in [0.717, 1.165) is 5.52 Å². The van der Waals surface area contributed by atoms with Gasteiger partial charge in [-0.1, -0.05) is 48.5 Å². The fourth-order valence-corrected chi connectivity index (χ4v) is 3.88. The van der Waals surface area contributed by atoms with Gasteiger partial charge >= 0.3 is 0 Å². The van der Waals surface area contributed by atoms with Crippen LogP contribution in [0.4, 0.5) is 0 Å². The lowest BCUT2D eigenvalue weighted by Gasteiger charge is -2.23. The summed E-state index contributed by atoms with van der Waals surface area (Å²) < 4.78 is 14.5. The van der Waals surface area contributed by atoms with Crippen LogP contribution in [0.15, 0.2) is 67.3 Å². The molecule has 21 heavy (non-hydrogen) atoms. The van der Waals surface area contributed by atoms with Crippen LogP contribution >= 0.6 is 7.37 Å². The third-order valence-corrected chi connectivity index (χ3v) is 5.15. The summed E-state index contributed by atoms with van der Waals surface area (Å²) in [6.07, 6.45) is 1.67. The first-order valence-electron chi connectivity index (χ1n) is 6.58. The molecular formula is C16H14N2O2P-. The molecule has 1 aromatic heterocycles. The number of allylic oxidation sites excluding steroid dienone is 1. The Morgan fingerprint density at radius 2 is 1.81 bits per heavy atom. The molecule has 0 aliphatic rings. The second kappa shape index (κ2) is 5.32. The van der Waals surface area contributed by atoms with Crippen molar-refractivity contribution in [3.05, 3.63) is 67.3 Å². The van der Waals surface area contributed by atoms with Gasteiger partial charge in [-0.15, -0.1) is 6.58 Å². The van der Waals surface area contributed by atoms with E-state index in [2.05, 4.69) is 11.6 Å². The van der Waals surface area contributed by atoms with Crippen molar-refractivity contribution in [3.8, 4) is 0 Å². The molecule has 2 aromatic carbocycles. The highest BCUT2D eigenvalue weighted by Gasteiger charge is 2.22. The predicted octanol–water partition coefficient (Wildman–Crippen LogP) is 1.81. The zero-order valence-corrected chi connectivity index (χ0v) is 12.2. The van der Waals surface area contributed by atoms with Gasteiger partial charge in [-0.3, -0.25) is 0 Å². The van der Waals surface area contributed by atoms with Crippen molar-refractivity contribution in [1.29, 1.82) is 0 Å². The van der Waals surface area contributed by atoms with Gasteiger partial charge in [0.25, 0.3) is 0 Å². The molecule has 3 aromatic rings. The summed E-state index contributed by atoms with van der Waals surface area (Å²) in [7, 11) is -3.98. The van der Waals surface area contributed by atoms with Gasteiger partial charge in [0.2, 0.25) is 0 Å². The number of fused-ring (bicyclic) bond motifs is 1. The topological polar surface area (TPSA) is 58.0 Å². The fraction of sp³-hybridized carbons (Fsp3) is 0.0625. The monoisotopic (exact) mass is 297 g/mol. The average Bonchev–Trinajstić information content (AvgIpc) is 2.88. The maximum absolute atomic E-state index is 12.8. The first-order chi connectivity index (χ1) is 10.1. The van der Waals surface area contributed by atoms with E-state index in [4.69, 9.17) is 0 Å². The van der Waals surface area contributed by atoms with Crippen LogP contribution in [0.2, 0.25) is 0 Å². The number of hydrogen-bond acceptors (Lipinski definition) is 3. The lowest BCUT2D eigenvalue weighted by atomic mass is 10.3. The second-order valence-electron chi connectivity index (χ2n) is 4.69. The van der Waals surface area contributed by atoms with Crippen molar-refractivity contribution in [1.82, 2.24) is 9.55 Å². The predicted molar refractivity (Wildman–Crippen MR) is 83.2 cm³/mol. The van der Waals surface area contributed by atoms with Crippen molar-refractivity contribution in [3.63, 3.8) is 0 Å². The third-order valence-electron chi connectivity index (χ3n) is 3.31. The van der Waals surface area contributed by atoms with Gasteiger partial charge in [0.1, 0.15) is 7.37 Å². The molecule has 0 saturated heterocycles. The molecule has 0 aliphatic carbocycles. The minimum Gasteiger partial charge on any atom is -0.790 e. The molecule has 0 spiro atoms. The third kappa shape index (κ3) is 2.33. The van der Waals surface area contributed by atoms with E-state index < -0.39 is 7.37 Å². The first-order valence-corrected chi connectivity index (χ1v) is 8.20. The molecular weight excluding hydrogens is 283 g/mol. The Morgan fingerprint density at radius 3 is 2.52 bits per heavy atom. The fourth-order valence-electron chi connectivity index (χ4n) is 2.34. The summed E-state index contributed by atoms with van der Waals surface area (Å²) in [6.45, 7) is 4.10. The zero-order valence-electron chi connectivity index (χ0n) is 11.3. The van der Waals surface area contributed by atoms with E-state index in [9.17, 15) is 9.46 Å². The van der Waals surface area contributed by atoms with Crippen molar-refractivity contribution in [2.24, 2.45) is 0 Å². The first kappa shape index (κ1) is 13.8. The number of nitrogens with zero attached hydrogens (tertiary/aromatic N) is 2.